The molecule has 1 atom stereocenters. The van der Waals surface area contributed by atoms with Crippen LogP contribution < -0.4 is 0 Å². The van der Waals surface area contributed by atoms with Crippen LogP contribution in [0.2, 0.25) is 0 Å². The zero-order valence-electron chi connectivity index (χ0n) is 9.81. The van der Waals surface area contributed by atoms with Crippen LogP contribution in [0, 0.1) is 19.7 Å². The summed E-state index contributed by atoms with van der Waals surface area (Å²) in [7, 11) is 0. The predicted molar refractivity (Wildman–Crippen MR) is 64.2 cm³/mol. The van der Waals surface area contributed by atoms with Crippen LogP contribution in [-0.4, -0.2) is 10.1 Å². The van der Waals surface area contributed by atoms with Gasteiger partial charge in [0.15, 0.2) is 0 Å². The summed E-state index contributed by atoms with van der Waals surface area (Å²) in [5.41, 5.74) is 2.77. The van der Waals surface area contributed by atoms with Gasteiger partial charge in [-0.3, -0.25) is 4.98 Å². The second kappa shape index (κ2) is 4.63. The first-order valence-corrected chi connectivity index (χ1v) is 5.44. The molecule has 2 rings (SSSR count). The van der Waals surface area contributed by atoms with Crippen LogP contribution in [-0.2, 0) is 0 Å². The van der Waals surface area contributed by atoms with E-state index >= 15 is 0 Å². The monoisotopic (exact) mass is 231 g/mol. The van der Waals surface area contributed by atoms with Gasteiger partial charge in [0.1, 0.15) is 11.9 Å². The Morgan fingerprint density at radius 1 is 1.24 bits per heavy atom. The van der Waals surface area contributed by atoms with E-state index < -0.39 is 6.10 Å². The third-order valence-electron chi connectivity index (χ3n) is 2.69. The van der Waals surface area contributed by atoms with Gasteiger partial charge in [-0.05, 0) is 48.7 Å². The highest BCUT2D eigenvalue weighted by molar-refractivity contribution is 5.32. The summed E-state index contributed by atoms with van der Waals surface area (Å²) in [6, 6.07) is 8.22. The minimum absolute atomic E-state index is 0.340. The smallest absolute Gasteiger partial charge is 0.123 e. The zero-order chi connectivity index (χ0) is 12.4. The average molecular weight is 231 g/mol. The summed E-state index contributed by atoms with van der Waals surface area (Å²) in [5, 5.41) is 10.2. The van der Waals surface area contributed by atoms with Crippen molar-refractivity contribution in [1.29, 1.82) is 0 Å². The molecule has 0 saturated carbocycles. The molecule has 0 spiro atoms. The molecule has 1 N–H and O–H groups in total. The molecule has 0 radical (unpaired) electrons. The van der Waals surface area contributed by atoms with Crippen molar-refractivity contribution in [3.63, 3.8) is 0 Å². The molecule has 1 aromatic carbocycles. The molecular formula is C14H14FNO. The molecule has 3 heteroatoms. The molecule has 17 heavy (non-hydrogen) atoms. The van der Waals surface area contributed by atoms with E-state index in [1.807, 2.05) is 19.1 Å². The van der Waals surface area contributed by atoms with E-state index in [2.05, 4.69) is 4.98 Å². The lowest BCUT2D eigenvalue weighted by molar-refractivity contribution is 0.214. The summed E-state index contributed by atoms with van der Waals surface area (Å²) >= 11 is 0. The quantitative estimate of drug-likeness (QED) is 0.862. The van der Waals surface area contributed by atoms with Crippen molar-refractivity contribution in [2.24, 2.45) is 0 Å². The van der Waals surface area contributed by atoms with Gasteiger partial charge in [0, 0.05) is 6.20 Å². The van der Waals surface area contributed by atoms with Gasteiger partial charge in [-0.2, -0.15) is 0 Å². The topological polar surface area (TPSA) is 33.1 Å². The Balaban J connectivity index is 2.43. The number of nitrogens with zero attached hydrogens (tertiary/aromatic N) is 1. The van der Waals surface area contributed by atoms with E-state index in [0.29, 0.717) is 11.3 Å². The van der Waals surface area contributed by atoms with Crippen molar-refractivity contribution in [2.75, 3.05) is 0 Å². The fourth-order valence-corrected chi connectivity index (χ4v) is 1.86. The van der Waals surface area contributed by atoms with Crippen molar-refractivity contribution < 1.29 is 9.50 Å². The Labute approximate surface area is 99.8 Å². The molecule has 0 saturated heterocycles. The molecule has 1 unspecified atom stereocenters. The number of aryl methyl sites for hydroxylation is 2. The maximum Gasteiger partial charge on any atom is 0.123 e. The Kier molecular flexibility index (Phi) is 3.20. The minimum Gasteiger partial charge on any atom is -0.382 e. The molecule has 0 aliphatic carbocycles. The van der Waals surface area contributed by atoms with Crippen LogP contribution in [0.3, 0.4) is 0 Å². The van der Waals surface area contributed by atoms with Crippen molar-refractivity contribution >= 4 is 0 Å². The number of aromatic nitrogens is 1. The molecule has 0 amide bonds. The van der Waals surface area contributed by atoms with Crippen LogP contribution >= 0.6 is 0 Å². The van der Waals surface area contributed by atoms with Gasteiger partial charge in [-0.1, -0.05) is 12.1 Å². The van der Waals surface area contributed by atoms with Gasteiger partial charge in [0.2, 0.25) is 0 Å². The Hall–Kier alpha value is -1.74. The molecule has 1 heterocycles. The molecule has 0 aliphatic heterocycles. The fraction of sp³-hybridized carbons (Fsp3) is 0.214. The highest BCUT2D eigenvalue weighted by Crippen LogP contribution is 2.24. The zero-order valence-corrected chi connectivity index (χ0v) is 9.81. The molecule has 88 valence electrons. The first-order chi connectivity index (χ1) is 8.08. The van der Waals surface area contributed by atoms with Crippen molar-refractivity contribution in [1.82, 2.24) is 4.98 Å². The summed E-state index contributed by atoms with van der Waals surface area (Å²) in [6.45, 7) is 3.67. The maximum absolute atomic E-state index is 13.3. The van der Waals surface area contributed by atoms with Crippen molar-refractivity contribution in [3.8, 4) is 0 Å². The molecule has 0 aliphatic rings. The van der Waals surface area contributed by atoms with E-state index in [0.717, 1.165) is 11.1 Å². The lowest BCUT2D eigenvalue weighted by Crippen LogP contribution is -2.05. The number of aliphatic hydroxyl groups excluding tert-OH is 1. The van der Waals surface area contributed by atoms with E-state index in [9.17, 15) is 9.50 Å². The molecule has 1 aromatic heterocycles. The van der Waals surface area contributed by atoms with Crippen LogP contribution in [0.25, 0.3) is 0 Å². The maximum atomic E-state index is 13.3. The van der Waals surface area contributed by atoms with Gasteiger partial charge in [-0.15, -0.1) is 0 Å². The molecule has 2 nitrogen and oxygen atoms in total. The number of rotatable bonds is 2. The highest BCUT2D eigenvalue weighted by Gasteiger charge is 2.15. The molecular weight excluding hydrogens is 217 g/mol. The van der Waals surface area contributed by atoms with Crippen LogP contribution in [0.15, 0.2) is 36.5 Å². The Bertz CT molecular complexity index is 519. The predicted octanol–water partition coefficient (Wildman–Crippen LogP) is 2.92. The van der Waals surface area contributed by atoms with Gasteiger partial charge in [0.05, 0.1) is 5.69 Å². The van der Waals surface area contributed by atoms with E-state index in [1.54, 1.807) is 19.2 Å². The van der Waals surface area contributed by atoms with Crippen molar-refractivity contribution in [2.45, 2.75) is 20.0 Å². The third-order valence-corrected chi connectivity index (χ3v) is 2.69. The van der Waals surface area contributed by atoms with E-state index in [-0.39, 0.29) is 5.82 Å². The molecule has 0 bridgehead atoms. The molecule has 2 aromatic rings. The number of benzene rings is 1. The second-order valence-corrected chi connectivity index (χ2v) is 4.17. The largest absolute Gasteiger partial charge is 0.382 e. The second-order valence-electron chi connectivity index (χ2n) is 4.17. The summed E-state index contributed by atoms with van der Waals surface area (Å²) in [4.78, 5) is 4.14. The van der Waals surface area contributed by atoms with E-state index in [4.69, 9.17) is 0 Å². The summed E-state index contributed by atoms with van der Waals surface area (Å²) < 4.78 is 13.3. The highest BCUT2D eigenvalue weighted by atomic mass is 19.1. The first-order valence-electron chi connectivity index (χ1n) is 5.44. The fourth-order valence-electron chi connectivity index (χ4n) is 1.86. The normalized spacial score (nSPS) is 12.5. The lowest BCUT2D eigenvalue weighted by Gasteiger charge is -2.13. The van der Waals surface area contributed by atoms with Crippen LogP contribution in [0.1, 0.15) is 28.5 Å². The van der Waals surface area contributed by atoms with Gasteiger partial charge < -0.3 is 5.11 Å². The average Bonchev–Trinajstić information content (AvgIpc) is 2.27. The number of aliphatic hydroxyl groups is 1. The number of hydrogen-bond donors (Lipinski definition) is 1. The SMILES string of the molecule is Cc1cc(F)cc(C(O)c2ncccc2C)c1. The van der Waals surface area contributed by atoms with Gasteiger partial charge >= 0.3 is 0 Å². The summed E-state index contributed by atoms with van der Waals surface area (Å²) in [5.74, 6) is -0.340. The standard InChI is InChI=1S/C14H14FNO/c1-9-6-11(8-12(15)7-9)14(17)13-10(2)4-3-5-16-13/h3-8,14,17H,1-2H3. The Morgan fingerprint density at radius 3 is 2.65 bits per heavy atom. The third kappa shape index (κ3) is 2.50. The van der Waals surface area contributed by atoms with Gasteiger partial charge in [-0.25, -0.2) is 4.39 Å². The number of halogens is 1. The number of pyridine rings is 1. The summed E-state index contributed by atoms with van der Waals surface area (Å²) in [6.07, 6.45) is 0.739. The van der Waals surface area contributed by atoms with Gasteiger partial charge in [0.25, 0.3) is 0 Å². The van der Waals surface area contributed by atoms with E-state index in [1.165, 1.54) is 12.1 Å². The van der Waals surface area contributed by atoms with Crippen LogP contribution in [0.5, 0.6) is 0 Å². The first kappa shape index (κ1) is 11.7. The Morgan fingerprint density at radius 2 is 2.00 bits per heavy atom. The number of hydrogen-bond acceptors (Lipinski definition) is 2. The minimum atomic E-state index is -0.884. The molecule has 0 fully saturated rings. The van der Waals surface area contributed by atoms with Crippen LogP contribution in [0.4, 0.5) is 4.39 Å². The van der Waals surface area contributed by atoms with Crippen molar-refractivity contribution in [3.05, 3.63) is 64.7 Å². The lowest BCUT2D eigenvalue weighted by atomic mass is 10.0.